The zero-order valence-corrected chi connectivity index (χ0v) is 12.2. The van der Waals surface area contributed by atoms with E-state index in [0.29, 0.717) is 10.8 Å². The van der Waals surface area contributed by atoms with Crippen LogP contribution in [0.15, 0.2) is 23.1 Å². The van der Waals surface area contributed by atoms with Gasteiger partial charge in [0.2, 0.25) is 0 Å². The fourth-order valence-corrected chi connectivity index (χ4v) is 1.91. The van der Waals surface area contributed by atoms with E-state index in [1.807, 2.05) is 13.8 Å². The van der Waals surface area contributed by atoms with Crippen molar-refractivity contribution < 1.29 is 14.6 Å². The van der Waals surface area contributed by atoms with E-state index in [1.165, 1.54) is 0 Å². The lowest BCUT2D eigenvalue weighted by Gasteiger charge is -2.09. The molecule has 6 nitrogen and oxygen atoms in total. The van der Waals surface area contributed by atoms with Crippen LogP contribution in [0.3, 0.4) is 0 Å². The monoisotopic (exact) mass is 308 g/mol. The van der Waals surface area contributed by atoms with Crippen molar-refractivity contribution in [2.45, 2.75) is 20.5 Å². The van der Waals surface area contributed by atoms with Crippen molar-refractivity contribution in [3.8, 4) is 5.75 Å². The molecule has 0 saturated heterocycles. The number of aromatic carboxylic acids is 1. The predicted octanol–water partition coefficient (Wildman–Crippen LogP) is 2.32. The largest absolute Gasteiger partial charge is 0.486 e. The number of nitrogens with one attached hydrogen (secondary N) is 1. The molecule has 0 atom stereocenters. The normalized spacial score (nSPS) is 10.4. The van der Waals surface area contributed by atoms with E-state index in [0.717, 1.165) is 17.3 Å². The number of benzene rings is 1. The van der Waals surface area contributed by atoms with Crippen LogP contribution in [0.4, 0.5) is 0 Å². The summed E-state index contributed by atoms with van der Waals surface area (Å²) in [5, 5.41) is 9.43. The highest BCUT2D eigenvalue weighted by molar-refractivity contribution is 6.32. The minimum Gasteiger partial charge on any atom is -0.486 e. The van der Waals surface area contributed by atoms with Gasteiger partial charge >= 0.3 is 5.97 Å². The number of carbonyl (C=O) groups is 1. The smallest absolute Gasteiger partial charge is 0.342 e. The number of ether oxygens (including phenoxy) is 1. The third kappa shape index (κ3) is 3.41. The molecule has 0 aliphatic heterocycles. The van der Waals surface area contributed by atoms with Crippen LogP contribution in [-0.2, 0) is 6.61 Å². The number of carboxylic acid groups (broad SMARTS) is 1. The first-order chi connectivity index (χ1) is 9.88. The second kappa shape index (κ2) is 5.97. The lowest BCUT2D eigenvalue weighted by molar-refractivity contribution is 0.0694. The summed E-state index contributed by atoms with van der Waals surface area (Å²) in [5.41, 5.74) is 0.653. The van der Waals surface area contributed by atoms with Crippen molar-refractivity contribution in [1.82, 2.24) is 9.97 Å². The SMILES string of the molecule is Cc1cc(OCc2ncc(C(=O)O)c(=O)[nH]2)cc(C)c1Cl. The summed E-state index contributed by atoms with van der Waals surface area (Å²) in [6.45, 7) is 3.75. The summed E-state index contributed by atoms with van der Waals surface area (Å²) in [7, 11) is 0. The second-order valence-electron chi connectivity index (χ2n) is 4.54. The summed E-state index contributed by atoms with van der Waals surface area (Å²) in [4.78, 5) is 28.4. The minimum absolute atomic E-state index is 0.0235. The van der Waals surface area contributed by atoms with Crippen LogP contribution in [0, 0.1) is 13.8 Å². The van der Waals surface area contributed by atoms with Crippen molar-refractivity contribution in [2.24, 2.45) is 0 Å². The molecule has 21 heavy (non-hydrogen) atoms. The maximum atomic E-state index is 11.5. The molecule has 0 aliphatic rings. The van der Waals surface area contributed by atoms with Gasteiger partial charge in [0.1, 0.15) is 23.7 Å². The van der Waals surface area contributed by atoms with Gasteiger partial charge in [0.25, 0.3) is 5.56 Å². The number of aromatic amines is 1. The van der Waals surface area contributed by atoms with Gasteiger partial charge in [-0.3, -0.25) is 4.79 Å². The molecule has 1 aromatic carbocycles. The molecule has 1 aromatic heterocycles. The van der Waals surface area contributed by atoms with Gasteiger partial charge in [-0.1, -0.05) is 11.6 Å². The van der Waals surface area contributed by atoms with Gasteiger partial charge in [-0.05, 0) is 37.1 Å². The van der Waals surface area contributed by atoms with Gasteiger partial charge in [-0.25, -0.2) is 9.78 Å². The number of rotatable bonds is 4. The molecule has 0 aliphatic carbocycles. The molecule has 0 unspecified atom stereocenters. The molecule has 0 spiro atoms. The highest BCUT2D eigenvalue weighted by Gasteiger charge is 2.10. The number of halogens is 1. The van der Waals surface area contributed by atoms with Crippen molar-refractivity contribution in [2.75, 3.05) is 0 Å². The molecule has 0 radical (unpaired) electrons. The Balaban J connectivity index is 2.15. The number of carboxylic acids is 1. The number of aromatic nitrogens is 2. The van der Waals surface area contributed by atoms with Gasteiger partial charge < -0.3 is 14.8 Å². The van der Waals surface area contributed by atoms with Crippen molar-refractivity contribution in [3.05, 3.63) is 56.2 Å². The quantitative estimate of drug-likeness (QED) is 0.904. The highest BCUT2D eigenvalue weighted by Crippen LogP contribution is 2.26. The van der Waals surface area contributed by atoms with E-state index < -0.39 is 17.1 Å². The highest BCUT2D eigenvalue weighted by atomic mass is 35.5. The maximum Gasteiger partial charge on any atom is 0.342 e. The number of hydrogen-bond acceptors (Lipinski definition) is 4. The van der Waals surface area contributed by atoms with Gasteiger partial charge in [-0.2, -0.15) is 0 Å². The summed E-state index contributed by atoms with van der Waals surface area (Å²) in [6, 6.07) is 3.55. The van der Waals surface area contributed by atoms with E-state index in [9.17, 15) is 9.59 Å². The Kier molecular flexibility index (Phi) is 4.28. The van der Waals surface area contributed by atoms with Crippen LogP contribution in [0.2, 0.25) is 5.02 Å². The number of nitrogens with zero attached hydrogens (tertiary/aromatic N) is 1. The Morgan fingerprint density at radius 2 is 2.00 bits per heavy atom. The first-order valence-corrected chi connectivity index (χ1v) is 6.47. The Labute approximate surface area is 125 Å². The zero-order chi connectivity index (χ0) is 15.6. The van der Waals surface area contributed by atoms with Gasteiger partial charge in [-0.15, -0.1) is 0 Å². The van der Waals surface area contributed by atoms with Gasteiger partial charge in [0.15, 0.2) is 0 Å². The molecule has 2 aromatic rings. The molecule has 0 fully saturated rings. The number of aryl methyl sites for hydroxylation is 2. The maximum absolute atomic E-state index is 11.5. The molecule has 1 heterocycles. The first-order valence-electron chi connectivity index (χ1n) is 6.09. The van der Waals surface area contributed by atoms with Gasteiger partial charge in [0.05, 0.1) is 0 Å². The van der Waals surface area contributed by atoms with Crippen LogP contribution in [0.1, 0.15) is 27.3 Å². The molecule has 0 bridgehead atoms. The second-order valence-corrected chi connectivity index (χ2v) is 4.92. The Morgan fingerprint density at radius 3 is 2.52 bits per heavy atom. The molecular weight excluding hydrogens is 296 g/mol. The Morgan fingerprint density at radius 1 is 1.38 bits per heavy atom. The molecule has 0 amide bonds. The minimum atomic E-state index is -1.32. The van der Waals surface area contributed by atoms with Crippen LogP contribution in [-0.4, -0.2) is 21.0 Å². The summed E-state index contributed by atoms with van der Waals surface area (Å²) in [6.07, 6.45) is 1.01. The van der Waals surface area contributed by atoms with Crippen LogP contribution < -0.4 is 10.3 Å². The molecule has 2 rings (SSSR count). The van der Waals surface area contributed by atoms with E-state index in [2.05, 4.69) is 9.97 Å². The fraction of sp³-hybridized carbons (Fsp3) is 0.214. The third-order valence-corrected chi connectivity index (χ3v) is 3.46. The van der Waals surface area contributed by atoms with Crippen LogP contribution in [0.25, 0.3) is 0 Å². The van der Waals surface area contributed by atoms with Crippen LogP contribution in [0.5, 0.6) is 5.75 Å². The topological polar surface area (TPSA) is 92.3 Å². The zero-order valence-electron chi connectivity index (χ0n) is 11.4. The average Bonchev–Trinajstić information content (AvgIpc) is 2.42. The molecular formula is C14H13ClN2O4. The molecule has 7 heteroatoms. The lowest BCUT2D eigenvalue weighted by Crippen LogP contribution is -2.20. The lowest BCUT2D eigenvalue weighted by atomic mass is 10.1. The van der Waals surface area contributed by atoms with E-state index in [-0.39, 0.29) is 12.4 Å². The number of H-pyrrole nitrogens is 1. The number of hydrogen-bond donors (Lipinski definition) is 2. The predicted molar refractivity (Wildman–Crippen MR) is 77.1 cm³/mol. The van der Waals surface area contributed by atoms with Crippen LogP contribution >= 0.6 is 11.6 Å². The molecule has 110 valence electrons. The first kappa shape index (κ1) is 15.1. The Bertz CT molecular complexity index is 732. The Hall–Kier alpha value is -2.34. The standard InChI is InChI=1S/C14H13ClN2O4/c1-7-3-9(4-8(2)12(7)15)21-6-11-16-5-10(14(19)20)13(18)17-11/h3-5H,6H2,1-2H3,(H,19,20)(H,16,17,18). The summed E-state index contributed by atoms with van der Waals surface area (Å²) in [5.74, 6) is -0.477. The average molecular weight is 309 g/mol. The van der Waals surface area contributed by atoms with Crippen molar-refractivity contribution in [3.63, 3.8) is 0 Å². The van der Waals surface area contributed by atoms with Gasteiger partial charge in [0, 0.05) is 11.2 Å². The van der Waals surface area contributed by atoms with Crippen molar-refractivity contribution >= 4 is 17.6 Å². The van der Waals surface area contributed by atoms with E-state index in [1.54, 1.807) is 12.1 Å². The van der Waals surface area contributed by atoms with Crippen molar-refractivity contribution in [1.29, 1.82) is 0 Å². The molecule has 2 N–H and O–H groups in total. The summed E-state index contributed by atoms with van der Waals surface area (Å²) >= 11 is 6.06. The summed E-state index contributed by atoms with van der Waals surface area (Å²) < 4.78 is 5.53. The van der Waals surface area contributed by atoms with E-state index >= 15 is 0 Å². The van der Waals surface area contributed by atoms with E-state index in [4.69, 9.17) is 21.4 Å². The fourth-order valence-electron chi connectivity index (χ4n) is 1.80. The molecule has 0 saturated carbocycles. The third-order valence-electron chi connectivity index (χ3n) is 2.87.